The predicted octanol–water partition coefficient (Wildman–Crippen LogP) is 1.81. The predicted molar refractivity (Wildman–Crippen MR) is 98.0 cm³/mol. The summed E-state index contributed by atoms with van der Waals surface area (Å²) in [5, 5.41) is 0. The maximum Gasteiger partial charge on any atom is 0.234 e. The van der Waals surface area contributed by atoms with Crippen LogP contribution in [0.5, 0.6) is 11.5 Å². The molecule has 0 radical (unpaired) electrons. The monoisotopic (exact) mass is 358 g/mol. The molecule has 140 valence electrons. The molecule has 1 aromatic heterocycles. The van der Waals surface area contributed by atoms with E-state index in [1.807, 2.05) is 29.0 Å². The van der Waals surface area contributed by atoms with Gasteiger partial charge >= 0.3 is 0 Å². The van der Waals surface area contributed by atoms with Crippen LogP contribution in [0.15, 0.2) is 36.9 Å². The Labute approximate surface area is 153 Å². The number of amides is 1. The van der Waals surface area contributed by atoms with Gasteiger partial charge in [0.1, 0.15) is 0 Å². The highest BCUT2D eigenvalue weighted by Gasteiger charge is 2.29. The van der Waals surface area contributed by atoms with Crippen molar-refractivity contribution in [3.8, 4) is 11.5 Å². The average molecular weight is 358 g/mol. The van der Waals surface area contributed by atoms with E-state index in [1.54, 1.807) is 19.6 Å². The van der Waals surface area contributed by atoms with Crippen LogP contribution in [0.3, 0.4) is 0 Å². The molecule has 0 unspecified atom stereocenters. The van der Waals surface area contributed by atoms with Crippen molar-refractivity contribution in [2.45, 2.75) is 38.4 Å². The van der Waals surface area contributed by atoms with E-state index in [-0.39, 0.29) is 11.9 Å². The fourth-order valence-electron chi connectivity index (χ4n) is 3.41. The lowest BCUT2D eigenvalue weighted by atomic mass is 10.1. The average Bonchev–Trinajstić information content (AvgIpc) is 3.31. The highest BCUT2D eigenvalue weighted by atomic mass is 16.5. The molecule has 1 amide bonds. The summed E-state index contributed by atoms with van der Waals surface area (Å²) >= 11 is 0. The van der Waals surface area contributed by atoms with Crippen molar-refractivity contribution in [2.24, 2.45) is 5.73 Å². The topological polar surface area (TPSA) is 82.6 Å². The number of methoxy groups -OCH3 is 1. The van der Waals surface area contributed by atoms with Gasteiger partial charge in [0.2, 0.25) is 5.91 Å². The summed E-state index contributed by atoms with van der Waals surface area (Å²) in [7, 11) is 1.64. The van der Waals surface area contributed by atoms with Gasteiger partial charge in [-0.1, -0.05) is 12.1 Å². The Balaban J connectivity index is 1.66. The van der Waals surface area contributed by atoms with E-state index in [0.717, 1.165) is 43.7 Å². The Morgan fingerprint density at radius 2 is 2.31 bits per heavy atom. The number of imidazole rings is 1. The molecule has 2 aromatic rings. The summed E-state index contributed by atoms with van der Waals surface area (Å²) in [6.45, 7) is 2.91. The van der Waals surface area contributed by atoms with Gasteiger partial charge in [-0.2, -0.15) is 0 Å². The molecule has 2 heterocycles. The lowest BCUT2D eigenvalue weighted by molar-refractivity contribution is -0.122. The number of benzene rings is 1. The highest BCUT2D eigenvalue weighted by Crippen LogP contribution is 2.33. The third-order valence-corrected chi connectivity index (χ3v) is 4.71. The zero-order valence-electron chi connectivity index (χ0n) is 15.1. The van der Waals surface area contributed by atoms with Crippen LogP contribution in [0.1, 0.15) is 24.8 Å². The standard InChI is InChI=1S/C19H26N4O3/c1-25-17-7-2-5-15(13-23-10-3-6-16(23)19(20)24)18(17)26-12-4-9-22-11-8-21-14-22/h2,5,7-8,11,14,16H,3-4,6,9-10,12-13H2,1H3,(H2,20,24)/t16-/m0/s1. The number of hydrogen-bond acceptors (Lipinski definition) is 5. The number of carbonyl (C=O) groups excluding carboxylic acids is 1. The zero-order valence-corrected chi connectivity index (χ0v) is 15.1. The molecule has 1 atom stereocenters. The Kier molecular flexibility index (Phi) is 6.12. The molecule has 1 saturated heterocycles. The van der Waals surface area contributed by atoms with Gasteiger partial charge in [-0.15, -0.1) is 0 Å². The molecule has 3 rings (SSSR count). The quantitative estimate of drug-likeness (QED) is 0.691. The van der Waals surface area contributed by atoms with Crippen molar-refractivity contribution in [1.29, 1.82) is 0 Å². The minimum absolute atomic E-state index is 0.199. The molecule has 1 fully saturated rings. The van der Waals surface area contributed by atoms with Crippen molar-refractivity contribution < 1.29 is 14.3 Å². The van der Waals surface area contributed by atoms with Crippen LogP contribution >= 0.6 is 0 Å². The van der Waals surface area contributed by atoms with Gasteiger partial charge in [0.25, 0.3) is 0 Å². The molecule has 7 nitrogen and oxygen atoms in total. The fraction of sp³-hybridized carbons (Fsp3) is 0.474. The molecule has 1 aliphatic rings. The normalized spacial score (nSPS) is 17.3. The number of aromatic nitrogens is 2. The van der Waals surface area contributed by atoms with Crippen LogP contribution in [-0.4, -0.2) is 46.7 Å². The molecule has 7 heteroatoms. The van der Waals surface area contributed by atoms with E-state index in [4.69, 9.17) is 15.2 Å². The number of hydrogen-bond donors (Lipinski definition) is 1. The largest absolute Gasteiger partial charge is 0.493 e. The Morgan fingerprint density at radius 3 is 3.04 bits per heavy atom. The first-order valence-corrected chi connectivity index (χ1v) is 8.97. The summed E-state index contributed by atoms with van der Waals surface area (Å²) in [5.41, 5.74) is 6.55. The number of nitrogens with zero attached hydrogens (tertiary/aromatic N) is 3. The lowest BCUT2D eigenvalue weighted by Gasteiger charge is -2.24. The number of carbonyl (C=O) groups is 1. The van der Waals surface area contributed by atoms with Crippen molar-refractivity contribution in [2.75, 3.05) is 20.3 Å². The van der Waals surface area contributed by atoms with E-state index >= 15 is 0 Å². The number of aryl methyl sites for hydroxylation is 1. The van der Waals surface area contributed by atoms with E-state index in [1.165, 1.54) is 0 Å². The van der Waals surface area contributed by atoms with Crippen LogP contribution in [0.2, 0.25) is 0 Å². The highest BCUT2D eigenvalue weighted by molar-refractivity contribution is 5.80. The van der Waals surface area contributed by atoms with Gasteiger partial charge in [0.15, 0.2) is 11.5 Å². The van der Waals surface area contributed by atoms with E-state index in [9.17, 15) is 4.79 Å². The minimum Gasteiger partial charge on any atom is -0.493 e. The molecule has 1 aromatic carbocycles. The molecule has 1 aliphatic heterocycles. The molecule has 0 saturated carbocycles. The second-order valence-electron chi connectivity index (χ2n) is 6.48. The van der Waals surface area contributed by atoms with Crippen LogP contribution in [0.4, 0.5) is 0 Å². The van der Waals surface area contributed by atoms with Crippen molar-refractivity contribution in [3.63, 3.8) is 0 Å². The van der Waals surface area contributed by atoms with Gasteiger partial charge in [-0.25, -0.2) is 4.98 Å². The molecule has 2 N–H and O–H groups in total. The number of ether oxygens (including phenoxy) is 2. The number of para-hydroxylation sites is 1. The Hall–Kier alpha value is -2.54. The maximum absolute atomic E-state index is 11.7. The summed E-state index contributed by atoms with van der Waals surface area (Å²) < 4.78 is 13.6. The van der Waals surface area contributed by atoms with Crippen LogP contribution in [-0.2, 0) is 17.9 Å². The molecule has 0 aliphatic carbocycles. The fourth-order valence-corrected chi connectivity index (χ4v) is 3.41. The van der Waals surface area contributed by atoms with Gasteiger partial charge in [-0.3, -0.25) is 9.69 Å². The third-order valence-electron chi connectivity index (χ3n) is 4.71. The Bertz CT molecular complexity index is 718. The summed E-state index contributed by atoms with van der Waals surface area (Å²) in [5.74, 6) is 1.20. The molecular formula is C19H26N4O3. The van der Waals surface area contributed by atoms with Crippen LogP contribution < -0.4 is 15.2 Å². The molecule has 0 spiro atoms. The summed E-state index contributed by atoms with van der Waals surface area (Å²) in [4.78, 5) is 17.8. The maximum atomic E-state index is 11.7. The Morgan fingerprint density at radius 1 is 1.42 bits per heavy atom. The first-order valence-electron chi connectivity index (χ1n) is 8.97. The van der Waals surface area contributed by atoms with Crippen LogP contribution in [0, 0.1) is 0 Å². The molecule has 26 heavy (non-hydrogen) atoms. The van der Waals surface area contributed by atoms with Gasteiger partial charge in [0, 0.05) is 31.0 Å². The number of likely N-dealkylation sites (tertiary alicyclic amines) is 1. The third kappa shape index (κ3) is 4.35. The molecule has 0 bridgehead atoms. The first kappa shape index (κ1) is 18.3. The van der Waals surface area contributed by atoms with Crippen molar-refractivity contribution in [3.05, 3.63) is 42.5 Å². The van der Waals surface area contributed by atoms with Gasteiger partial charge < -0.3 is 19.8 Å². The second-order valence-corrected chi connectivity index (χ2v) is 6.48. The van der Waals surface area contributed by atoms with E-state index in [2.05, 4.69) is 9.88 Å². The van der Waals surface area contributed by atoms with Crippen molar-refractivity contribution >= 4 is 5.91 Å². The van der Waals surface area contributed by atoms with Gasteiger partial charge in [0.05, 0.1) is 26.1 Å². The van der Waals surface area contributed by atoms with Crippen molar-refractivity contribution in [1.82, 2.24) is 14.5 Å². The SMILES string of the molecule is COc1cccc(CN2CCC[C@H]2C(N)=O)c1OCCCn1ccnc1. The minimum atomic E-state index is -0.256. The van der Waals surface area contributed by atoms with Crippen LogP contribution in [0.25, 0.3) is 0 Å². The smallest absolute Gasteiger partial charge is 0.234 e. The second kappa shape index (κ2) is 8.71. The van der Waals surface area contributed by atoms with Gasteiger partial charge in [-0.05, 0) is 31.9 Å². The number of nitrogens with two attached hydrogens (primary N) is 1. The number of rotatable bonds is 9. The summed E-state index contributed by atoms with van der Waals surface area (Å²) in [6.07, 6.45) is 8.17. The van der Waals surface area contributed by atoms with E-state index in [0.29, 0.717) is 18.9 Å². The zero-order chi connectivity index (χ0) is 18.4. The first-order chi connectivity index (χ1) is 12.7. The summed E-state index contributed by atoms with van der Waals surface area (Å²) in [6, 6.07) is 5.66. The van der Waals surface area contributed by atoms with E-state index < -0.39 is 0 Å². The molecular weight excluding hydrogens is 332 g/mol. The number of primary amides is 1. The lowest BCUT2D eigenvalue weighted by Crippen LogP contribution is -2.39.